The maximum Gasteiger partial charge on any atom is 0.0699 e. The van der Waals surface area contributed by atoms with Crippen LogP contribution in [0, 0.1) is 5.92 Å². The SMILES string of the molecule is CC(CCO)CNCC1CCCCO1. The molecule has 0 amide bonds. The zero-order chi connectivity index (χ0) is 10.2. The molecule has 3 heteroatoms. The van der Waals surface area contributed by atoms with Crippen molar-refractivity contribution in [1.29, 1.82) is 0 Å². The van der Waals surface area contributed by atoms with Gasteiger partial charge in [-0.1, -0.05) is 6.92 Å². The average Bonchev–Trinajstić information content (AvgIpc) is 2.20. The van der Waals surface area contributed by atoms with E-state index in [0.717, 1.165) is 26.1 Å². The first-order chi connectivity index (χ1) is 6.83. The lowest BCUT2D eigenvalue weighted by Crippen LogP contribution is -2.34. The van der Waals surface area contributed by atoms with Crippen molar-refractivity contribution in [3.63, 3.8) is 0 Å². The normalized spacial score (nSPS) is 24.9. The highest BCUT2D eigenvalue weighted by atomic mass is 16.5. The minimum Gasteiger partial charge on any atom is -0.396 e. The van der Waals surface area contributed by atoms with E-state index in [1.807, 2.05) is 0 Å². The minimum atomic E-state index is 0.294. The number of hydrogen-bond donors (Lipinski definition) is 2. The molecule has 0 aliphatic carbocycles. The van der Waals surface area contributed by atoms with Gasteiger partial charge in [-0.05, 0) is 38.1 Å². The molecule has 14 heavy (non-hydrogen) atoms. The van der Waals surface area contributed by atoms with Gasteiger partial charge in [0.1, 0.15) is 0 Å². The van der Waals surface area contributed by atoms with E-state index in [1.165, 1.54) is 19.3 Å². The second-order valence-corrected chi connectivity index (χ2v) is 4.26. The lowest BCUT2D eigenvalue weighted by Gasteiger charge is -2.23. The predicted molar refractivity (Wildman–Crippen MR) is 57.3 cm³/mol. The van der Waals surface area contributed by atoms with E-state index in [9.17, 15) is 0 Å². The van der Waals surface area contributed by atoms with E-state index in [1.54, 1.807) is 0 Å². The van der Waals surface area contributed by atoms with Crippen molar-refractivity contribution >= 4 is 0 Å². The maximum atomic E-state index is 8.73. The molecule has 0 aromatic rings. The molecule has 0 aromatic carbocycles. The quantitative estimate of drug-likeness (QED) is 0.677. The second-order valence-electron chi connectivity index (χ2n) is 4.26. The Morgan fingerprint density at radius 3 is 3.00 bits per heavy atom. The lowest BCUT2D eigenvalue weighted by atomic mass is 10.1. The highest BCUT2D eigenvalue weighted by molar-refractivity contribution is 4.67. The molecule has 0 bridgehead atoms. The molecule has 1 heterocycles. The molecule has 1 fully saturated rings. The maximum absolute atomic E-state index is 8.73. The molecule has 2 N–H and O–H groups in total. The fraction of sp³-hybridized carbons (Fsp3) is 1.00. The van der Waals surface area contributed by atoms with Crippen molar-refractivity contribution < 1.29 is 9.84 Å². The van der Waals surface area contributed by atoms with Crippen LogP contribution < -0.4 is 5.32 Å². The molecule has 3 nitrogen and oxygen atoms in total. The Morgan fingerprint density at radius 1 is 1.50 bits per heavy atom. The van der Waals surface area contributed by atoms with Gasteiger partial charge >= 0.3 is 0 Å². The smallest absolute Gasteiger partial charge is 0.0699 e. The van der Waals surface area contributed by atoms with Crippen LogP contribution in [0.15, 0.2) is 0 Å². The topological polar surface area (TPSA) is 41.5 Å². The van der Waals surface area contributed by atoms with E-state index in [2.05, 4.69) is 12.2 Å². The number of aliphatic hydroxyl groups is 1. The van der Waals surface area contributed by atoms with Gasteiger partial charge in [-0.2, -0.15) is 0 Å². The first-order valence-corrected chi connectivity index (χ1v) is 5.76. The third-order valence-corrected chi connectivity index (χ3v) is 2.76. The van der Waals surface area contributed by atoms with Crippen LogP contribution in [0.2, 0.25) is 0 Å². The third-order valence-electron chi connectivity index (χ3n) is 2.76. The van der Waals surface area contributed by atoms with E-state index < -0.39 is 0 Å². The molecule has 1 aliphatic heterocycles. The molecule has 0 spiro atoms. The van der Waals surface area contributed by atoms with Gasteiger partial charge in [0, 0.05) is 19.8 Å². The summed E-state index contributed by atoms with van der Waals surface area (Å²) in [5.74, 6) is 0.559. The number of hydrogen-bond acceptors (Lipinski definition) is 3. The fourth-order valence-corrected chi connectivity index (χ4v) is 1.78. The van der Waals surface area contributed by atoms with Gasteiger partial charge in [-0.25, -0.2) is 0 Å². The van der Waals surface area contributed by atoms with Gasteiger partial charge in [0.25, 0.3) is 0 Å². The zero-order valence-electron chi connectivity index (χ0n) is 9.17. The average molecular weight is 201 g/mol. The summed E-state index contributed by atoms with van der Waals surface area (Å²) in [5, 5.41) is 12.1. The monoisotopic (exact) mass is 201 g/mol. The van der Waals surface area contributed by atoms with Crippen LogP contribution in [0.25, 0.3) is 0 Å². The number of aliphatic hydroxyl groups excluding tert-OH is 1. The molecule has 2 unspecified atom stereocenters. The van der Waals surface area contributed by atoms with Crippen molar-refractivity contribution in [3.8, 4) is 0 Å². The first-order valence-electron chi connectivity index (χ1n) is 5.76. The van der Waals surface area contributed by atoms with E-state index >= 15 is 0 Å². The van der Waals surface area contributed by atoms with Gasteiger partial charge in [0.2, 0.25) is 0 Å². The third kappa shape index (κ3) is 4.94. The number of nitrogens with one attached hydrogen (secondary N) is 1. The summed E-state index contributed by atoms with van der Waals surface area (Å²) in [4.78, 5) is 0. The molecule has 0 saturated carbocycles. The van der Waals surface area contributed by atoms with Crippen LogP contribution in [0.1, 0.15) is 32.6 Å². The van der Waals surface area contributed by atoms with Gasteiger partial charge in [0.05, 0.1) is 6.10 Å². The Morgan fingerprint density at radius 2 is 2.36 bits per heavy atom. The lowest BCUT2D eigenvalue weighted by molar-refractivity contribution is 0.0165. The van der Waals surface area contributed by atoms with Crippen LogP contribution in [0.3, 0.4) is 0 Å². The van der Waals surface area contributed by atoms with Crippen molar-refractivity contribution in [1.82, 2.24) is 5.32 Å². The van der Waals surface area contributed by atoms with Crippen LogP contribution >= 0.6 is 0 Å². The summed E-state index contributed by atoms with van der Waals surface area (Å²) in [6.45, 7) is 5.34. The molecule has 1 saturated heterocycles. The van der Waals surface area contributed by atoms with Crippen molar-refractivity contribution in [2.45, 2.75) is 38.7 Å². The van der Waals surface area contributed by atoms with Crippen molar-refractivity contribution in [2.24, 2.45) is 5.92 Å². The Hall–Kier alpha value is -0.120. The molecule has 1 rings (SSSR count). The van der Waals surface area contributed by atoms with Gasteiger partial charge in [0.15, 0.2) is 0 Å². The second kappa shape index (κ2) is 7.21. The Labute approximate surface area is 86.8 Å². The molecule has 0 radical (unpaired) electrons. The molecule has 2 atom stereocenters. The Kier molecular flexibility index (Phi) is 6.15. The van der Waals surface area contributed by atoms with Crippen LogP contribution in [-0.4, -0.2) is 37.5 Å². The molecular weight excluding hydrogens is 178 g/mol. The summed E-state index contributed by atoms with van der Waals surface area (Å²) >= 11 is 0. The minimum absolute atomic E-state index is 0.294. The summed E-state index contributed by atoms with van der Waals surface area (Å²) in [5.41, 5.74) is 0. The highest BCUT2D eigenvalue weighted by Gasteiger charge is 2.13. The molecular formula is C11H23NO2. The fourth-order valence-electron chi connectivity index (χ4n) is 1.78. The van der Waals surface area contributed by atoms with Crippen LogP contribution in [0.4, 0.5) is 0 Å². The molecule has 1 aliphatic rings. The first kappa shape index (κ1) is 12.0. The van der Waals surface area contributed by atoms with Crippen molar-refractivity contribution in [2.75, 3.05) is 26.3 Å². The zero-order valence-corrected chi connectivity index (χ0v) is 9.17. The van der Waals surface area contributed by atoms with Crippen LogP contribution in [-0.2, 0) is 4.74 Å². The van der Waals surface area contributed by atoms with E-state index in [4.69, 9.17) is 9.84 Å². The van der Waals surface area contributed by atoms with Crippen molar-refractivity contribution in [3.05, 3.63) is 0 Å². The standard InChI is InChI=1S/C11H23NO2/c1-10(5-6-13)8-12-9-11-4-2-3-7-14-11/h10-13H,2-9H2,1H3. The summed E-state index contributed by atoms with van der Waals surface area (Å²) in [7, 11) is 0. The highest BCUT2D eigenvalue weighted by Crippen LogP contribution is 2.11. The summed E-state index contributed by atoms with van der Waals surface area (Å²) in [6.07, 6.45) is 5.03. The van der Waals surface area contributed by atoms with E-state index in [0.29, 0.717) is 18.6 Å². The van der Waals surface area contributed by atoms with Gasteiger partial charge in [-0.3, -0.25) is 0 Å². The summed E-state index contributed by atoms with van der Waals surface area (Å²) in [6, 6.07) is 0. The van der Waals surface area contributed by atoms with Gasteiger partial charge in [-0.15, -0.1) is 0 Å². The van der Waals surface area contributed by atoms with Crippen LogP contribution in [0.5, 0.6) is 0 Å². The largest absolute Gasteiger partial charge is 0.396 e. The number of ether oxygens (including phenoxy) is 1. The Bertz CT molecular complexity index is 135. The predicted octanol–water partition coefficient (Wildman–Crippen LogP) is 1.16. The molecule has 84 valence electrons. The number of rotatable bonds is 6. The Balaban J connectivity index is 1.96. The van der Waals surface area contributed by atoms with Gasteiger partial charge < -0.3 is 15.2 Å². The summed E-state index contributed by atoms with van der Waals surface area (Å²) < 4.78 is 5.61. The molecule has 0 aromatic heterocycles. The van der Waals surface area contributed by atoms with E-state index in [-0.39, 0.29) is 0 Å².